The van der Waals surface area contributed by atoms with Crippen molar-refractivity contribution < 1.29 is 14.8 Å². The molecule has 23 heavy (non-hydrogen) atoms. The van der Waals surface area contributed by atoms with Crippen molar-refractivity contribution in [1.29, 1.82) is 0 Å². The summed E-state index contributed by atoms with van der Waals surface area (Å²) in [6.07, 6.45) is -0.670. The predicted octanol–water partition coefficient (Wildman–Crippen LogP) is 2.69. The van der Waals surface area contributed by atoms with Crippen molar-refractivity contribution in [1.82, 2.24) is 5.32 Å². The van der Waals surface area contributed by atoms with E-state index in [1.165, 1.54) is 24.3 Å². The number of aliphatic hydroxyl groups is 1. The smallest absolute Gasteiger partial charge is 0.269 e. The second-order valence-electron chi connectivity index (χ2n) is 5.26. The van der Waals surface area contributed by atoms with Gasteiger partial charge in [0.05, 0.1) is 4.92 Å². The van der Waals surface area contributed by atoms with E-state index in [4.69, 9.17) is 4.74 Å². The van der Waals surface area contributed by atoms with Crippen molar-refractivity contribution in [3.63, 3.8) is 0 Å². The van der Waals surface area contributed by atoms with Gasteiger partial charge in [-0.15, -0.1) is 0 Å². The number of nitro groups is 1. The Kier molecular flexibility index (Phi) is 6.08. The number of aliphatic hydroxyl groups excluding tert-OH is 1. The van der Waals surface area contributed by atoms with Crippen LogP contribution in [0.25, 0.3) is 0 Å². The highest BCUT2D eigenvalue weighted by molar-refractivity contribution is 5.35. The highest BCUT2D eigenvalue weighted by Crippen LogP contribution is 2.17. The maximum atomic E-state index is 10.6. The number of benzene rings is 2. The van der Waals surface area contributed by atoms with Gasteiger partial charge in [-0.3, -0.25) is 10.1 Å². The van der Waals surface area contributed by atoms with Crippen LogP contribution in [0.4, 0.5) is 5.69 Å². The molecule has 2 rings (SSSR count). The lowest BCUT2D eigenvalue weighted by molar-refractivity contribution is -0.384. The monoisotopic (exact) mass is 316 g/mol. The fraction of sp³-hybridized carbons (Fsp3) is 0.294. The summed E-state index contributed by atoms with van der Waals surface area (Å²) in [5, 5.41) is 23.8. The number of rotatable bonds is 8. The summed E-state index contributed by atoms with van der Waals surface area (Å²) < 4.78 is 5.43. The lowest BCUT2D eigenvalue weighted by Crippen LogP contribution is -2.33. The number of hydrogen-bond acceptors (Lipinski definition) is 5. The van der Waals surface area contributed by atoms with E-state index in [9.17, 15) is 15.2 Å². The van der Waals surface area contributed by atoms with E-state index in [0.717, 1.165) is 5.56 Å². The lowest BCUT2D eigenvalue weighted by atomic mass is 10.1. The number of non-ortho nitro benzene ring substituents is 1. The van der Waals surface area contributed by atoms with Crippen LogP contribution in [0.5, 0.6) is 5.75 Å². The zero-order valence-corrected chi connectivity index (χ0v) is 12.9. The molecule has 2 aromatic rings. The Morgan fingerprint density at radius 1 is 1.17 bits per heavy atom. The molecule has 0 heterocycles. The topological polar surface area (TPSA) is 84.6 Å². The van der Waals surface area contributed by atoms with Gasteiger partial charge < -0.3 is 15.2 Å². The molecule has 2 atom stereocenters. The summed E-state index contributed by atoms with van der Waals surface area (Å²) in [5.41, 5.74) is 1.16. The quantitative estimate of drug-likeness (QED) is 0.578. The van der Waals surface area contributed by atoms with Crippen molar-refractivity contribution >= 4 is 5.69 Å². The fourth-order valence-corrected chi connectivity index (χ4v) is 2.09. The number of nitrogens with zero attached hydrogens (tertiary/aromatic N) is 1. The van der Waals surface area contributed by atoms with Crippen LogP contribution in [0.3, 0.4) is 0 Å². The molecule has 0 saturated carbocycles. The van der Waals surface area contributed by atoms with Crippen LogP contribution in [-0.4, -0.2) is 29.3 Å². The third kappa shape index (κ3) is 5.36. The van der Waals surface area contributed by atoms with Gasteiger partial charge in [0.25, 0.3) is 5.69 Å². The van der Waals surface area contributed by atoms with Gasteiger partial charge in [-0.2, -0.15) is 0 Å². The largest absolute Gasteiger partial charge is 0.491 e. The average molecular weight is 316 g/mol. The van der Waals surface area contributed by atoms with Crippen molar-refractivity contribution in [3.8, 4) is 5.75 Å². The molecule has 0 aliphatic carbocycles. The highest BCUT2D eigenvalue weighted by Gasteiger charge is 2.10. The normalized spacial score (nSPS) is 13.3. The minimum absolute atomic E-state index is 0.0104. The van der Waals surface area contributed by atoms with Crippen LogP contribution in [0, 0.1) is 10.1 Å². The number of hydrogen-bond donors (Lipinski definition) is 2. The van der Waals surface area contributed by atoms with Gasteiger partial charge >= 0.3 is 0 Å². The van der Waals surface area contributed by atoms with Crippen LogP contribution in [0.2, 0.25) is 0 Å². The summed E-state index contributed by atoms with van der Waals surface area (Å²) in [4.78, 5) is 10.1. The Morgan fingerprint density at radius 2 is 1.83 bits per heavy atom. The molecule has 0 radical (unpaired) electrons. The van der Waals surface area contributed by atoms with Gasteiger partial charge in [-0.05, 0) is 24.6 Å². The average Bonchev–Trinajstić information content (AvgIpc) is 2.59. The van der Waals surface area contributed by atoms with Crippen LogP contribution in [0.15, 0.2) is 54.6 Å². The fourth-order valence-electron chi connectivity index (χ4n) is 2.09. The minimum atomic E-state index is -0.670. The van der Waals surface area contributed by atoms with Crippen molar-refractivity contribution in [2.75, 3.05) is 13.2 Å². The molecule has 0 aromatic heterocycles. The Bertz CT molecular complexity index is 616. The van der Waals surface area contributed by atoms with E-state index in [1.54, 1.807) is 0 Å². The van der Waals surface area contributed by atoms with Crippen molar-refractivity contribution in [2.24, 2.45) is 0 Å². The number of nitrogens with one attached hydrogen (secondary N) is 1. The molecule has 2 N–H and O–H groups in total. The summed E-state index contributed by atoms with van der Waals surface area (Å²) in [7, 11) is 0. The number of ether oxygens (including phenoxy) is 1. The van der Waals surface area contributed by atoms with E-state index in [-0.39, 0.29) is 18.3 Å². The molecule has 6 heteroatoms. The summed E-state index contributed by atoms with van der Waals surface area (Å²) in [6, 6.07) is 15.9. The molecule has 2 unspecified atom stereocenters. The van der Waals surface area contributed by atoms with Gasteiger partial charge in [0.1, 0.15) is 18.5 Å². The molecular formula is C17H20N2O4. The van der Waals surface area contributed by atoms with E-state index in [0.29, 0.717) is 12.3 Å². The van der Waals surface area contributed by atoms with Crippen molar-refractivity contribution in [3.05, 3.63) is 70.3 Å². The molecule has 0 saturated heterocycles. The Balaban J connectivity index is 1.74. The maximum Gasteiger partial charge on any atom is 0.269 e. The third-order valence-electron chi connectivity index (χ3n) is 3.45. The first-order chi connectivity index (χ1) is 11.1. The van der Waals surface area contributed by atoms with Gasteiger partial charge in [0.15, 0.2) is 0 Å². The summed E-state index contributed by atoms with van der Waals surface area (Å²) in [5.74, 6) is 0.491. The van der Waals surface area contributed by atoms with E-state index >= 15 is 0 Å². The Morgan fingerprint density at radius 3 is 2.43 bits per heavy atom. The molecule has 6 nitrogen and oxygen atoms in total. The zero-order valence-electron chi connectivity index (χ0n) is 12.9. The third-order valence-corrected chi connectivity index (χ3v) is 3.45. The van der Waals surface area contributed by atoms with Gasteiger partial charge in [-0.1, -0.05) is 30.3 Å². The molecule has 0 amide bonds. The van der Waals surface area contributed by atoms with E-state index < -0.39 is 11.0 Å². The first-order valence-electron chi connectivity index (χ1n) is 7.40. The standard InChI is InChI=1S/C17H20N2O4/c1-13(14-5-3-2-4-6-14)18-11-16(20)12-23-17-9-7-15(8-10-17)19(21)22/h2-10,13,16,18,20H,11-12H2,1H3. The Hall–Kier alpha value is -2.44. The molecular weight excluding hydrogens is 296 g/mol. The maximum absolute atomic E-state index is 10.6. The van der Waals surface area contributed by atoms with Crippen LogP contribution in [-0.2, 0) is 0 Å². The molecule has 0 aliphatic heterocycles. The Labute approximate surface area is 134 Å². The second-order valence-corrected chi connectivity index (χ2v) is 5.26. The molecule has 122 valence electrons. The van der Waals surface area contributed by atoms with Gasteiger partial charge in [-0.25, -0.2) is 0 Å². The van der Waals surface area contributed by atoms with Crippen LogP contribution in [0.1, 0.15) is 18.5 Å². The number of nitro benzene ring substituents is 1. The molecule has 0 bridgehead atoms. The lowest BCUT2D eigenvalue weighted by Gasteiger charge is -2.18. The molecule has 2 aromatic carbocycles. The molecule has 0 aliphatic rings. The first kappa shape index (κ1) is 16.9. The van der Waals surface area contributed by atoms with E-state index in [1.807, 2.05) is 37.3 Å². The summed E-state index contributed by atoms with van der Waals surface area (Å²) in [6.45, 7) is 2.54. The SMILES string of the molecule is CC(NCC(O)COc1ccc([N+](=O)[O-])cc1)c1ccccc1. The first-order valence-corrected chi connectivity index (χ1v) is 7.40. The van der Waals surface area contributed by atoms with Crippen molar-refractivity contribution in [2.45, 2.75) is 19.1 Å². The zero-order chi connectivity index (χ0) is 16.7. The molecule has 0 fully saturated rings. The second kappa shape index (κ2) is 8.26. The highest BCUT2D eigenvalue weighted by atomic mass is 16.6. The summed E-state index contributed by atoms with van der Waals surface area (Å²) >= 11 is 0. The van der Waals surface area contributed by atoms with Gasteiger partial charge in [0, 0.05) is 24.7 Å². The predicted molar refractivity (Wildman–Crippen MR) is 87.5 cm³/mol. The van der Waals surface area contributed by atoms with E-state index in [2.05, 4.69) is 5.32 Å². The minimum Gasteiger partial charge on any atom is -0.491 e. The van der Waals surface area contributed by atoms with Gasteiger partial charge in [0.2, 0.25) is 0 Å². The van der Waals surface area contributed by atoms with Crippen LogP contribution >= 0.6 is 0 Å². The van der Waals surface area contributed by atoms with Crippen LogP contribution < -0.4 is 10.1 Å². The molecule has 0 spiro atoms.